The van der Waals surface area contributed by atoms with E-state index in [1.54, 1.807) is 0 Å². The average molecular weight is 366 g/mol. The minimum absolute atomic E-state index is 0.132. The number of carbonyl (C=O) groups excluding carboxylic acids is 1. The molecule has 2 aromatic rings. The van der Waals surface area contributed by atoms with Crippen molar-refractivity contribution in [1.82, 2.24) is 5.32 Å². The normalized spacial score (nSPS) is 14.2. The molecule has 2 aromatic carbocycles. The second-order valence-electron chi connectivity index (χ2n) is 7.98. The molecule has 1 heterocycles. The number of benzene rings is 2. The Kier molecular flexibility index (Phi) is 6.04. The van der Waals surface area contributed by atoms with Gasteiger partial charge in [-0.1, -0.05) is 44.2 Å². The summed E-state index contributed by atoms with van der Waals surface area (Å²) >= 11 is 0. The molecule has 1 amide bonds. The van der Waals surface area contributed by atoms with Crippen molar-refractivity contribution in [2.45, 2.75) is 32.7 Å². The first-order valence-corrected chi connectivity index (χ1v) is 9.84. The van der Waals surface area contributed by atoms with Gasteiger partial charge in [0.25, 0.3) is 0 Å². The van der Waals surface area contributed by atoms with Crippen LogP contribution in [0.15, 0.2) is 48.5 Å². The highest BCUT2D eigenvalue weighted by Gasteiger charge is 2.27. The third-order valence-electron chi connectivity index (χ3n) is 5.18. The molecule has 1 aliphatic rings. The number of para-hydroxylation sites is 1. The molecule has 0 saturated carbocycles. The maximum atomic E-state index is 12.3. The van der Waals surface area contributed by atoms with E-state index in [9.17, 15) is 4.79 Å². The monoisotopic (exact) mass is 365 g/mol. The zero-order valence-corrected chi connectivity index (χ0v) is 16.9. The molecule has 0 fully saturated rings. The number of hydrogen-bond acceptors (Lipinski definition) is 3. The van der Waals surface area contributed by atoms with E-state index in [1.807, 2.05) is 0 Å². The van der Waals surface area contributed by atoms with Crippen molar-refractivity contribution in [2.75, 3.05) is 37.0 Å². The molecule has 0 aromatic heterocycles. The van der Waals surface area contributed by atoms with Crippen LogP contribution in [0.3, 0.4) is 0 Å². The molecule has 4 nitrogen and oxygen atoms in total. The van der Waals surface area contributed by atoms with Crippen molar-refractivity contribution in [2.24, 2.45) is 5.92 Å². The molecule has 1 atom stereocenters. The lowest BCUT2D eigenvalue weighted by molar-refractivity contribution is -0.121. The number of nitrogens with zero attached hydrogens (tertiary/aromatic N) is 2. The molecule has 1 aliphatic heterocycles. The molecule has 1 N–H and O–H groups in total. The fourth-order valence-electron chi connectivity index (χ4n) is 3.74. The predicted molar refractivity (Wildman–Crippen MR) is 113 cm³/mol. The number of hydrogen-bond donors (Lipinski definition) is 1. The Hall–Kier alpha value is -2.49. The minimum Gasteiger partial charge on any atom is -0.378 e. The molecule has 0 aliphatic carbocycles. The van der Waals surface area contributed by atoms with Crippen molar-refractivity contribution < 1.29 is 4.79 Å². The average Bonchev–Trinajstić information content (AvgIpc) is 3.06. The van der Waals surface area contributed by atoms with E-state index in [-0.39, 0.29) is 11.9 Å². The lowest BCUT2D eigenvalue weighted by Crippen LogP contribution is -2.37. The SMILES string of the molecule is CC(C)CC(=O)NC[C@H](c1ccc(N(C)C)cc1)N1CCc2ccccc21. The van der Waals surface area contributed by atoms with Crippen LogP contribution >= 0.6 is 0 Å². The van der Waals surface area contributed by atoms with Crippen LogP contribution in [0.5, 0.6) is 0 Å². The van der Waals surface area contributed by atoms with Gasteiger partial charge in [-0.2, -0.15) is 0 Å². The number of rotatable bonds is 7. The van der Waals surface area contributed by atoms with Crippen molar-refractivity contribution in [3.8, 4) is 0 Å². The number of fused-ring (bicyclic) bond motifs is 1. The molecule has 27 heavy (non-hydrogen) atoms. The number of amides is 1. The van der Waals surface area contributed by atoms with Gasteiger partial charge in [-0.3, -0.25) is 4.79 Å². The van der Waals surface area contributed by atoms with Gasteiger partial charge in [-0.25, -0.2) is 0 Å². The molecule has 144 valence electrons. The van der Waals surface area contributed by atoms with Gasteiger partial charge in [0.15, 0.2) is 0 Å². The zero-order valence-electron chi connectivity index (χ0n) is 16.9. The van der Waals surface area contributed by atoms with Gasteiger partial charge in [-0.05, 0) is 41.7 Å². The molecular formula is C23H31N3O. The van der Waals surface area contributed by atoms with E-state index >= 15 is 0 Å². The smallest absolute Gasteiger partial charge is 0.220 e. The number of nitrogens with one attached hydrogen (secondary N) is 1. The summed E-state index contributed by atoms with van der Waals surface area (Å²) in [5.74, 6) is 0.503. The molecule has 4 heteroatoms. The van der Waals surface area contributed by atoms with Crippen LogP contribution in [-0.2, 0) is 11.2 Å². The van der Waals surface area contributed by atoms with Gasteiger partial charge in [-0.15, -0.1) is 0 Å². The molecule has 0 saturated heterocycles. The van der Waals surface area contributed by atoms with Crippen LogP contribution in [-0.4, -0.2) is 33.1 Å². The van der Waals surface area contributed by atoms with Crippen molar-refractivity contribution in [1.29, 1.82) is 0 Å². The number of anilines is 2. The summed E-state index contributed by atoms with van der Waals surface area (Å²) < 4.78 is 0. The Balaban J connectivity index is 1.84. The lowest BCUT2D eigenvalue weighted by Gasteiger charge is -2.31. The Labute approximate surface area is 163 Å². The first-order valence-electron chi connectivity index (χ1n) is 9.84. The third kappa shape index (κ3) is 4.62. The second-order valence-corrected chi connectivity index (χ2v) is 7.98. The van der Waals surface area contributed by atoms with Gasteiger partial charge >= 0.3 is 0 Å². The molecule has 3 rings (SSSR count). The van der Waals surface area contributed by atoms with Gasteiger partial charge in [0.05, 0.1) is 6.04 Å². The zero-order chi connectivity index (χ0) is 19.4. The van der Waals surface area contributed by atoms with Crippen LogP contribution in [0, 0.1) is 5.92 Å². The van der Waals surface area contributed by atoms with Crippen molar-refractivity contribution in [3.05, 3.63) is 59.7 Å². The Morgan fingerprint density at radius 1 is 1.11 bits per heavy atom. The van der Waals surface area contributed by atoms with Crippen molar-refractivity contribution >= 4 is 17.3 Å². The topological polar surface area (TPSA) is 35.6 Å². The molecular weight excluding hydrogens is 334 g/mol. The highest BCUT2D eigenvalue weighted by atomic mass is 16.1. The van der Waals surface area contributed by atoms with Crippen LogP contribution in [0.2, 0.25) is 0 Å². The first kappa shape index (κ1) is 19.3. The second kappa shape index (κ2) is 8.47. The number of carbonyl (C=O) groups is 1. The molecule has 0 unspecified atom stereocenters. The summed E-state index contributed by atoms with van der Waals surface area (Å²) in [6, 6.07) is 17.4. The van der Waals surface area contributed by atoms with E-state index in [0.717, 1.165) is 13.0 Å². The fraction of sp³-hybridized carbons (Fsp3) is 0.435. The Morgan fingerprint density at radius 2 is 1.81 bits per heavy atom. The van der Waals surface area contributed by atoms with Gasteiger partial charge in [0.2, 0.25) is 5.91 Å². The fourth-order valence-corrected chi connectivity index (χ4v) is 3.74. The van der Waals surface area contributed by atoms with E-state index in [1.165, 1.54) is 22.5 Å². The van der Waals surface area contributed by atoms with Gasteiger partial charge in [0.1, 0.15) is 0 Å². The van der Waals surface area contributed by atoms with Crippen LogP contribution < -0.4 is 15.1 Å². The van der Waals surface area contributed by atoms with E-state index < -0.39 is 0 Å². The quantitative estimate of drug-likeness (QED) is 0.805. The summed E-state index contributed by atoms with van der Waals surface area (Å²) in [7, 11) is 4.10. The maximum Gasteiger partial charge on any atom is 0.220 e. The lowest BCUT2D eigenvalue weighted by atomic mass is 10.0. The van der Waals surface area contributed by atoms with Crippen LogP contribution in [0.1, 0.15) is 37.4 Å². The van der Waals surface area contributed by atoms with Gasteiger partial charge in [0, 0.05) is 45.0 Å². The highest BCUT2D eigenvalue weighted by Crippen LogP contribution is 2.35. The molecule has 0 spiro atoms. The summed E-state index contributed by atoms with van der Waals surface area (Å²) in [6.45, 7) is 5.77. The highest BCUT2D eigenvalue weighted by molar-refractivity contribution is 5.76. The minimum atomic E-state index is 0.132. The Bertz CT molecular complexity index is 767. The summed E-state index contributed by atoms with van der Waals surface area (Å²) in [4.78, 5) is 16.8. The first-order chi connectivity index (χ1) is 13.0. The summed E-state index contributed by atoms with van der Waals surface area (Å²) in [6.07, 6.45) is 1.63. The van der Waals surface area contributed by atoms with E-state index in [4.69, 9.17) is 0 Å². The largest absolute Gasteiger partial charge is 0.378 e. The molecule has 0 radical (unpaired) electrons. The summed E-state index contributed by atoms with van der Waals surface area (Å²) in [5.41, 5.74) is 5.10. The Morgan fingerprint density at radius 3 is 2.48 bits per heavy atom. The standard InChI is InChI=1S/C23H31N3O/c1-17(2)15-23(27)24-16-22(19-9-11-20(12-10-19)25(3)4)26-14-13-18-7-5-6-8-21(18)26/h5-12,17,22H,13-16H2,1-4H3,(H,24,27)/t22-/m1/s1. The van der Waals surface area contributed by atoms with E-state index in [2.05, 4.69) is 91.6 Å². The molecule has 0 bridgehead atoms. The van der Waals surface area contributed by atoms with Crippen LogP contribution in [0.4, 0.5) is 11.4 Å². The predicted octanol–water partition coefficient (Wildman–Crippen LogP) is 4.02. The van der Waals surface area contributed by atoms with Crippen LogP contribution in [0.25, 0.3) is 0 Å². The van der Waals surface area contributed by atoms with Crippen molar-refractivity contribution in [3.63, 3.8) is 0 Å². The summed E-state index contributed by atoms with van der Waals surface area (Å²) in [5, 5.41) is 3.17. The maximum absolute atomic E-state index is 12.3. The third-order valence-corrected chi connectivity index (χ3v) is 5.18. The van der Waals surface area contributed by atoms with Gasteiger partial charge < -0.3 is 15.1 Å². The van der Waals surface area contributed by atoms with E-state index in [0.29, 0.717) is 18.9 Å².